The summed E-state index contributed by atoms with van der Waals surface area (Å²) >= 11 is 0. The van der Waals surface area contributed by atoms with E-state index >= 15 is 0 Å². The van der Waals surface area contributed by atoms with E-state index in [4.69, 9.17) is 9.63 Å². The second kappa shape index (κ2) is 3.25. The van der Waals surface area contributed by atoms with Crippen LogP contribution in [-0.2, 0) is 0 Å². The van der Waals surface area contributed by atoms with Crippen LogP contribution in [0.5, 0.6) is 0 Å². The molecule has 6 heteroatoms. The van der Waals surface area contributed by atoms with Gasteiger partial charge in [0.2, 0.25) is 0 Å². The van der Waals surface area contributed by atoms with E-state index in [-0.39, 0.29) is 11.3 Å². The van der Waals surface area contributed by atoms with Crippen LogP contribution in [0.2, 0.25) is 0 Å². The second-order valence-corrected chi connectivity index (χ2v) is 2.47. The molecule has 0 aliphatic rings. The number of rotatable bonds is 2. The molecule has 2 aromatic heterocycles. The Hall–Kier alpha value is -2.24. The normalized spacial score (nSPS) is 10.0. The molecule has 0 fully saturated rings. The van der Waals surface area contributed by atoms with E-state index in [9.17, 15) is 4.79 Å². The highest BCUT2D eigenvalue weighted by Crippen LogP contribution is 2.19. The molecule has 1 N–H and O–H groups in total. The van der Waals surface area contributed by atoms with E-state index in [1.54, 1.807) is 0 Å². The van der Waals surface area contributed by atoms with Gasteiger partial charge in [0.05, 0.1) is 6.20 Å². The highest BCUT2D eigenvalue weighted by atomic mass is 16.5. The predicted octanol–water partition coefficient (Wildman–Crippen LogP) is 0.830. The first kappa shape index (κ1) is 8.36. The summed E-state index contributed by atoms with van der Waals surface area (Å²) in [5.74, 6) is -0.790. The third kappa shape index (κ3) is 1.33. The van der Waals surface area contributed by atoms with Gasteiger partial charge in [-0.15, -0.1) is 0 Å². The number of carboxylic acids is 1. The molecule has 0 saturated heterocycles. The number of hydrogen-bond donors (Lipinski definition) is 1. The van der Waals surface area contributed by atoms with Crippen molar-refractivity contribution < 1.29 is 14.4 Å². The quantitative estimate of drug-likeness (QED) is 0.756. The number of aromatic nitrogens is 3. The SMILES string of the molecule is O=C(O)c1cncnc1-c1ccno1. The average molecular weight is 191 g/mol. The van der Waals surface area contributed by atoms with Gasteiger partial charge in [-0.25, -0.2) is 14.8 Å². The molecule has 2 heterocycles. The van der Waals surface area contributed by atoms with Crippen LogP contribution in [0.15, 0.2) is 29.3 Å². The highest BCUT2D eigenvalue weighted by molar-refractivity contribution is 5.93. The fourth-order valence-electron chi connectivity index (χ4n) is 1.02. The number of carbonyl (C=O) groups is 1. The molecule has 0 aromatic carbocycles. The highest BCUT2D eigenvalue weighted by Gasteiger charge is 2.15. The van der Waals surface area contributed by atoms with Crippen LogP contribution in [0.1, 0.15) is 10.4 Å². The van der Waals surface area contributed by atoms with Crippen molar-refractivity contribution in [2.75, 3.05) is 0 Å². The predicted molar refractivity (Wildman–Crippen MR) is 44.5 cm³/mol. The maximum Gasteiger partial charge on any atom is 0.339 e. The van der Waals surface area contributed by atoms with E-state index in [1.807, 2.05) is 0 Å². The number of nitrogens with zero attached hydrogens (tertiary/aromatic N) is 3. The lowest BCUT2D eigenvalue weighted by Gasteiger charge is -1.98. The monoisotopic (exact) mass is 191 g/mol. The van der Waals surface area contributed by atoms with Gasteiger partial charge in [-0.3, -0.25) is 0 Å². The summed E-state index contributed by atoms with van der Waals surface area (Å²) in [5.41, 5.74) is 0.217. The summed E-state index contributed by atoms with van der Waals surface area (Å²) in [6.07, 6.45) is 3.89. The molecule has 70 valence electrons. The van der Waals surface area contributed by atoms with Crippen molar-refractivity contribution in [1.82, 2.24) is 15.1 Å². The summed E-state index contributed by atoms with van der Waals surface area (Å²) in [6, 6.07) is 1.54. The van der Waals surface area contributed by atoms with Crippen molar-refractivity contribution in [3.05, 3.63) is 30.4 Å². The topological polar surface area (TPSA) is 89.1 Å². The van der Waals surface area contributed by atoms with Gasteiger partial charge >= 0.3 is 5.97 Å². The lowest BCUT2D eigenvalue weighted by atomic mass is 10.2. The maximum absolute atomic E-state index is 10.8. The Morgan fingerprint density at radius 3 is 3.00 bits per heavy atom. The summed E-state index contributed by atoms with van der Waals surface area (Å²) in [5, 5.41) is 12.3. The van der Waals surface area contributed by atoms with Crippen molar-refractivity contribution in [2.24, 2.45) is 0 Å². The Bertz CT molecular complexity index is 453. The van der Waals surface area contributed by atoms with Crippen LogP contribution in [0.4, 0.5) is 0 Å². The standard InChI is InChI=1S/C8H5N3O3/c12-8(13)5-3-9-4-10-7(5)6-1-2-11-14-6/h1-4H,(H,12,13). The lowest BCUT2D eigenvalue weighted by molar-refractivity contribution is 0.0696. The van der Waals surface area contributed by atoms with Crippen molar-refractivity contribution in [1.29, 1.82) is 0 Å². The first-order chi connectivity index (χ1) is 6.79. The first-order valence-corrected chi connectivity index (χ1v) is 3.73. The van der Waals surface area contributed by atoms with Gasteiger partial charge in [0.15, 0.2) is 5.76 Å². The second-order valence-electron chi connectivity index (χ2n) is 2.47. The molecule has 0 amide bonds. The Morgan fingerprint density at radius 2 is 2.36 bits per heavy atom. The van der Waals surface area contributed by atoms with Crippen LogP contribution >= 0.6 is 0 Å². The molecule has 14 heavy (non-hydrogen) atoms. The largest absolute Gasteiger partial charge is 0.478 e. The summed E-state index contributed by atoms with van der Waals surface area (Å²) < 4.78 is 4.81. The molecule has 2 rings (SSSR count). The molecule has 0 aliphatic carbocycles. The van der Waals surface area contributed by atoms with Gasteiger partial charge < -0.3 is 9.63 Å². The van der Waals surface area contributed by atoms with E-state index < -0.39 is 5.97 Å². The third-order valence-corrected chi connectivity index (χ3v) is 1.61. The van der Waals surface area contributed by atoms with Gasteiger partial charge in [0.1, 0.15) is 17.6 Å². The minimum absolute atomic E-state index is 0.00995. The van der Waals surface area contributed by atoms with Crippen LogP contribution in [0.3, 0.4) is 0 Å². The number of carboxylic acid groups (broad SMARTS) is 1. The Labute approximate surface area is 78.2 Å². The van der Waals surface area contributed by atoms with Gasteiger partial charge in [-0.1, -0.05) is 5.16 Å². The summed E-state index contributed by atoms with van der Waals surface area (Å²) in [7, 11) is 0. The van der Waals surface area contributed by atoms with Crippen LogP contribution < -0.4 is 0 Å². The average Bonchev–Trinajstić information content (AvgIpc) is 2.70. The van der Waals surface area contributed by atoms with Crippen LogP contribution in [-0.4, -0.2) is 26.2 Å². The molecule has 0 radical (unpaired) electrons. The number of hydrogen-bond acceptors (Lipinski definition) is 5. The van der Waals surface area contributed by atoms with Crippen molar-refractivity contribution in [2.45, 2.75) is 0 Å². The molecule has 0 unspecified atom stereocenters. The number of aromatic carboxylic acids is 1. The van der Waals surface area contributed by atoms with Crippen LogP contribution in [0.25, 0.3) is 11.5 Å². The smallest absolute Gasteiger partial charge is 0.339 e. The van der Waals surface area contributed by atoms with Gasteiger partial charge in [0, 0.05) is 12.3 Å². The zero-order valence-electron chi connectivity index (χ0n) is 6.91. The minimum atomic E-state index is -1.10. The minimum Gasteiger partial charge on any atom is -0.478 e. The Morgan fingerprint density at radius 1 is 1.50 bits per heavy atom. The zero-order valence-corrected chi connectivity index (χ0v) is 6.91. The van der Waals surface area contributed by atoms with E-state index in [0.717, 1.165) is 0 Å². The molecular weight excluding hydrogens is 186 g/mol. The fourth-order valence-corrected chi connectivity index (χ4v) is 1.02. The Balaban J connectivity index is 2.58. The zero-order chi connectivity index (χ0) is 9.97. The lowest BCUT2D eigenvalue weighted by Crippen LogP contribution is -2.01. The maximum atomic E-state index is 10.8. The van der Waals surface area contributed by atoms with Crippen molar-refractivity contribution in [3.8, 4) is 11.5 Å². The van der Waals surface area contributed by atoms with Crippen LogP contribution in [0, 0.1) is 0 Å². The van der Waals surface area contributed by atoms with Crippen molar-refractivity contribution in [3.63, 3.8) is 0 Å². The Kier molecular flexibility index (Phi) is 1.94. The molecule has 0 aliphatic heterocycles. The summed E-state index contributed by atoms with van der Waals surface area (Å²) in [6.45, 7) is 0. The van der Waals surface area contributed by atoms with E-state index in [1.165, 1.54) is 24.8 Å². The van der Waals surface area contributed by atoms with Crippen molar-refractivity contribution >= 4 is 5.97 Å². The van der Waals surface area contributed by atoms with Gasteiger partial charge in [-0.2, -0.15) is 0 Å². The molecule has 6 nitrogen and oxygen atoms in total. The van der Waals surface area contributed by atoms with E-state index in [2.05, 4.69) is 15.1 Å². The molecular formula is C8H5N3O3. The van der Waals surface area contributed by atoms with Gasteiger partial charge in [-0.05, 0) is 0 Å². The molecule has 0 atom stereocenters. The first-order valence-electron chi connectivity index (χ1n) is 3.73. The summed E-state index contributed by atoms with van der Waals surface area (Å²) in [4.78, 5) is 18.2. The molecule has 0 bridgehead atoms. The third-order valence-electron chi connectivity index (χ3n) is 1.61. The van der Waals surface area contributed by atoms with Gasteiger partial charge in [0.25, 0.3) is 0 Å². The molecule has 0 spiro atoms. The van der Waals surface area contributed by atoms with E-state index in [0.29, 0.717) is 5.76 Å². The molecule has 0 saturated carbocycles. The fraction of sp³-hybridized carbons (Fsp3) is 0. The molecule has 2 aromatic rings.